The van der Waals surface area contributed by atoms with Crippen LogP contribution in [0.2, 0.25) is 0 Å². The van der Waals surface area contributed by atoms with Crippen molar-refractivity contribution in [3.05, 3.63) is 346 Å². The fourth-order valence-corrected chi connectivity index (χ4v) is 17.2. The van der Waals surface area contributed by atoms with Crippen LogP contribution >= 0.6 is 11.7 Å². The lowest BCUT2D eigenvalue weighted by Gasteiger charge is -2.26. The van der Waals surface area contributed by atoms with Crippen LogP contribution in [0, 0.1) is 329 Å². The Morgan fingerprint density at radius 1 is 0.203 bits per heavy atom. The van der Waals surface area contributed by atoms with E-state index >= 15 is 0 Å². The Hall–Kier alpha value is -21.3. The van der Waals surface area contributed by atoms with Crippen molar-refractivity contribution in [1.82, 2.24) is 8.75 Å². The fraction of sp³-hybridized carbons (Fsp3) is 0.0870. The molecule has 0 fully saturated rings. The molecule has 5 heteroatoms. The highest BCUT2D eigenvalue weighted by molar-refractivity contribution is 7.00. The summed E-state index contributed by atoms with van der Waals surface area (Å²) in [5.41, 5.74) is 30.5. The Morgan fingerprint density at radius 2 is 0.420 bits per heavy atom. The zero-order chi connectivity index (χ0) is 97.5. The van der Waals surface area contributed by atoms with Crippen molar-refractivity contribution in [3.8, 4) is 354 Å². The second kappa shape index (κ2) is 48.1. The summed E-state index contributed by atoms with van der Waals surface area (Å²) in [5, 5.41) is 0. The molecule has 0 radical (unpaired) electrons. The van der Waals surface area contributed by atoms with E-state index in [0.29, 0.717) is 0 Å². The topological polar surface area (TPSA) is 32.3 Å². The summed E-state index contributed by atoms with van der Waals surface area (Å²) in [4.78, 5) is 4.56. The molecule has 14 aromatic rings. The molecule has 1 heterocycles. The highest BCUT2D eigenvalue weighted by Gasteiger charge is 2.45. The smallest absolute Gasteiger partial charge is 0.145 e. The Balaban J connectivity index is 0.000000209. The van der Waals surface area contributed by atoms with Gasteiger partial charge in [-0.3, -0.25) is 0 Å². The van der Waals surface area contributed by atoms with Crippen LogP contribution in [0.3, 0.4) is 0 Å². The van der Waals surface area contributed by atoms with E-state index in [4.69, 9.17) is 38.5 Å². The number of anilines is 6. The average molecular weight is 1830 g/mol. The monoisotopic (exact) mass is 1830 g/mol. The van der Waals surface area contributed by atoms with Gasteiger partial charge in [0, 0.05) is 39.7 Å². The molecule has 1 aromatic heterocycles. The summed E-state index contributed by atoms with van der Waals surface area (Å²) in [5.74, 6) is 115. The molecule has 0 aliphatic heterocycles. The van der Waals surface area contributed by atoms with E-state index in [1.807, 2.05) is 39.8 Å². The Morgan fingerprint density at radius 3 is 0.720 bits per heavy atom. The third-order valence-corrected chi connectivity index (χ3v) is 23.3. The maximum Gasteiger partial charge on any atom is 0.145 e. The van der Waals surface area contributed by atoms with Gasteiger partial charge in [0.25, 0.3) is 0 Å². The lowest BCUT2D eigenvalue weighted by Crippen LogP contribution is -2.21. The van der Waals surface area contributed by atoms with Gasteiger partial charge in [-0.1, -0.05) is 280 Å². The fourth-order valence-electron chi connectivity index (χ4n) is 16.6. The van der Waals surface area contributed by atoms with Crippen molar-refractivity contribution in [2.24, 2.45) is 0 Å². The van der Waals surface area contributed by atoms with Crippen molar-refractivity contribution < 1.29 is 0 Å². The van der Waals surface area contributed by atoms with E-state index in [-0.39, 0.29) is 22.3 Å². The minimum absolute atomic E-state index is 0. The summed E-state index contributed by atoms with van der Waals surface area (Å²) in [6.45, 7) is 12.3. The highest BCUT2D eigenvalue weighted by Crippen LogP contribution is 2.54. The summed E-state index contributed by atoms with van der Waals surface area (Å²) in [6.07, 6.45) is 31.2. The number of rotatable bonds is 9. The summed E-state index contributed by atoms with van der Waals surface area (Å²) in [7, 11) is 0. The molecule has 13 aromatic carbocycles. The first-order valence-corrected chi connectivity index (χ1v) is 44.3. The molecule has 3 aliphatic rings. The van der Waals surface area contributed by atoms with Crippen molar-refractivity contribution in [2.75, 3.05) is 9.80 Å². The summed E-state index contributed by atoms with van der Waals surface area (Å²) in [6, 6.07) is 98.1. The lowest BCUT2D eigenvalue weighted by molar-refractivity contribution is 0.913. The molecular weight excluding hydrogens is 1750 g/mol. The molecule has 0 saturated heterocycles. The molecule has 143 heavy (non-hydrogen) atoms. The quantitative estimate of drug-likeness (QED) is 0.135. The van der Waals surface area contributed by atoms with Gasteiger partial charge in [-0.25, -0.2) is 0 Å². The van der Waals surface area contributed by atoms with Crippen LogP contribution in [-0.4, -0.2) is 8.75 Å². The number of nitrogens with zero attached hydrogens (tertiary/aromatic N) is 4. The van der Waals surface area contributed by atoms with Gasteiger partial charge in [-0.05, 0) is 440 Å². The zero-order valence-electron chi connectivity index (χ0n) is 76.7. The maximum atomic E-state index is 5.30. The van der Waals surface area contributed by atoms with Crippen LogP contribution < -0.4 is 9.80 Å². The molecule has 0 N–H and O–H groups in total. The van der Waals surface area contributed by atoms with Crippen LogP contribution in [0.15, 0.2) is 279 Å². The predicted molar refractivity (Wildman–Crippen MR) is 596 cm³/mol. The van der Waals surface area contributed by atoms with E-state index in [1.54, 1.807) is 0 Å². The summed E-state index contributed by atoms with van der Waals surface area (Å²) >= 11 is 1.21. The second-order valence-corrected chi connectivity index (χ2v) is 32.1. The minimum Gasteiger partial charge on any atom is -0.311 e. The molecule has 0 spiro atoms. The van der Waals surface area contributed by atoms with E-state index in [1.165, 1.54) is 17.3 Å². The first kappa shape index (κ1) is 101. The van der Waals surface area contributed by atoms with Gasteiger partial charge < -0.3 is 9.80 Å². The zero-order valence-corrected chi connectivity index (χ0v) is 77.5. The van der Waals surface area contributed by atoms with Crippen molar-refractivity contribution in [3.63, 3.8) is 0 Å². The molecule has 0 amide bonds. The number of hydrogen-bond acceptors (Lipinski definition) is 5. The van der Waals surface area contributed by atoms with E-state index in [0.717, 1.165) is 173 Å². The van der Waals surface area contributed by atoms with E-state index in [9.17, 15) is 0 Å². The van der Waals surface area contributed by atoms with Gasteiger partial charge in [-0.2, -0.15) is 8.75 Å². The Kier molecular flexibility index (Phi) is 33.9. The normalized spacial score (nSPS) is 10.4. The lowest BCUT2D eigenvalue weighted by atomic mass is 9.78. The molecule has 0 saturated carbocycles. The number of aromatic nitrogens is 2. The van der Waals surface area contributed by atoms with Crippen LogP contribution in [0.4, 0.5) is 34.1 Å². The van der Waals surface area contributed by atoms with Crippen LogP contribution in [0.1, 0.15) is 89.0 Å². The van der Waals surface area contributed by atoms with Gasteiger partial charge in [0.1, 0.15) is 27.3 Å². The average Bonchev–Trinajstić information content (AvgIpc) is 1.57. The van der Waals surface area contributed by atoms with Gasteiger partial charge in [-0.15, -0.1) is 38.5 Å². The molecule has 0 bridgehead atoms. The van der Waals surface area contributed by atoms with Crippen molar-refractivity contribution in [2.45, 2.75) is 80.1 Å². The van der Waals surface area contributed by atoms with Gasteiger partial charge >= 0.3 is 0 Å². The third-order valence-electron chi connectivity index (χ3n) is 22.8. The van der Waals surface area contributed by atoms with Crippen molar-refractivity contribution in [1.29, 1.82) is 0 Å². The largest absolute Gasteiger partial charge is 0.311 e. The van der Waals surface area contributed by atoms with Crippen LogP contribution in [0.25, 0.3) is 77.8 Å². The van der Waals surface area contributed by atoms with Gasteiger partial charge in [0.05, 0.1) is 11.7 Å². The van der Waals surface area contributed by atoms with Crippen LogP contribution in [0.5, 0.6) is 0 Å². The van der Waals surface area contributed by atoms with Crippen LogP contribution in [-0.2, 0) is 16.2 Å². The number of terminal acetylenes is 6. The highest BCUT2D eigenvalue weighted by atomic mass is 32.1. The molecular formula is C138H82N4S. The SMILES string of the molecule is C.C.C.C#CC#CC#CC#CC1(C#CC#CC#CC#C)c2cc(C)ccc2-c2ccc(-c3ccc(C)c4nsnc34)cc21.C#CC#CC#CC#CC1(C#CC#CC#CC#C)c2cc(C)ccc2-c2ccc(-c3ccc(N(c4ccccc4)c4ccc(-c5ccc(N(c6ccccc6)c6ccc(C)cc6)cc5)cc4)cc3)cc21.C#CC#CC#CC#CC1(C#CC#CC#CC#C)c2cc(C)ccc2-c2ccc(C)cc21. The van der Waals surface area contributed by atoms with E-state index in [2.05, 4.69) is 548 Å². The Labute approximate surface area is 849 Å². The van der Waals surface area contributed by atoms with E-state index < -0.39 is 16.2 Å². The molecule has 660 valence electrons. The number of fused-ring (bicyclic) bond motifs is 10. The van der Waals surface area contributed by atoms with Gasteiger partial charge in [0.15, 0.2) is 0 Å². The number of benzene rings is 13. The maximum absolute atomic E-state index is 5.30. The van der Waals surface area contributed by atoms with Gasteiger partial charge in [0.2, 0.25) is 0 Å². The number of aryl methyl sites for hydroxylation is 6. The Bertz CT molecular complexity index is 8800. The molecule has 3 aliphatic carbocycles. The second-order valence-electron chi connectivity index (χ2n) is 31.5. The number of para-hydroxylation sites is 2. The first-order chi connectivity index (χ1) is 68.7. The molecule has 17 rings (SSSR count). The first-order valence-electron chi connectivity index (χ1n) is 43.6. The predicted octanol–water partition coefficient (Wildman–Crippen LogP) is 25.4. The molecule has 4 nitrogen and oxygen atoms in total. The molecule has 0 atom stereocenters. The summed E-state index contributed by atoms with van der Waals surface area (Å²) < 4.78 is 9.09. The number of hydrogen-bond donors (Lipinski definition) is 0. The standard InChI is InChI=1S/C67H40N2.C37H16N2S.C31H14.3CH4/c1-5-7-9-11-13-21-47-67(48-22-14-12-10-8-6-2)65-49-52(4)29-45-63(65)64-46-36-56(50-66(64)67)55-34-43-62(44-35-55)69(58-25-19-16-20-26-58)61-41-32-54(33-42-61)53-30-39-60(40-31-53)68(57-23-17-15-18-24-57)59-37-27-51(3)28-38-59;1-5-7-9-11-13-15-23-37(24-16-14-12-10-8-6-2)33-25-27(3)17-20-31(33)32-22-19-29(26-34(32)37)30-21-18-28(4)35-36(30)39-40-38-35;1-5-7-9-11-13-15-21-31(22-16-14-12-10-8-6-2)29-23-25(3)17-19-27(29)28-20-18-26(4)24-30(28)31;;;/h1-2,15-20,23-46,49-50H,3-4H3;1-2,17-22,25-26H,3-4H3;1-2,17-20,23-24H,3-4H3;3*1H4. The van der Waals surface area contributed by atoms with Crippen molar-refractivity contribution >= 4 is 56.9 Å². The minimum atomic E-state index is -1.04. The molecule has 0 unspecified atom stereocenters. The third kappa shape index (κ3) is 22.7.